The first-order valence-corrected chi connectivity index (χ1v) is 3.02. The van der Waals surface area contributed by atoms with Gasteiger partial charge >= 0.3 is 0 Å². The molecule has 0 atom stereocenters. The molecule has 0 saturated heterocycles. The Morgan fingerprint density at radius 3 is 2.91 bits per heavy atom. The van der Waals surface area contributed by atoms with Crippen LogP contribution in [0.2, 0.25) is 0 Å². The molecular formula is C6H8FN3O. The highest BCUT2D eigenvalue weighted by atomic mass is 19.1. The van der Waals surface area contributed by atoms with Gasteiger partial charge in [-0.3, -0.25) is 0 Å². The number of methoxy groups -OCH3 is 1. The van der Waals surface area contributed by atoms with Gasteiger partial charge in [-0.25, -0.2) is 4.98 Å². The van der Waals surface area contributed by atoms with E-state index in [2.05, 4.69) is 20.0 Å². The second-order valence-electron chi connectivity index (χ2n) is 1.80. The summed E-state index contributed by atoms with van der Waals surface area (Å²) in [6.07, 6.45) is 1.05. The van der Waals surface area contributed by atoms with Gasteiger partial charge in [0.05, 0.1) is 13.3 Å². The molecule has 0 fully saturated rings. The number of aromatic nitrogens is 2. The quantitative estimate of drug-likeness (QED) is 0.685. The number of nitrogens with zero attached hydrogens (tertiary/aromatic N) is 2. The molecule has 60 valence electrons. The van der Waals surface area contributed by atoms with Crippen LogP contribution in [-0.4, -0.2) is 24.1 Å². The van der Waals surface area contributed by atoms with Gasteiger partial charge < -0.3 is 10.1 Å². The van der Waals surface area contributed by atoms with Crippen LogP contribution < -0.4 is 10.1 Å². The van der Waals surface area contributed by atoms with Crippen LogP contribution in [0.5, 0.6) is 5.88 Å². The first-order chi connectivity index (χ1) is 5.27. The Hall–Kier alpha value is -1.39. The molecule has 0 saturated carbocycles. The molecule has 0 aliphatic heterocycles. The van der Waals surface area contributed by atoms with Gasteiger partial charge in [0.2, 0.25) is 11.8 Å². The number of hydrogen-bond acceptors (Lipinski definition) is 4. The fourth-order valence-electron chi connectivity index (χ4n) is 0.615. The van der Waals surface area contributed by atoms with Gasteiger partial charge in [-0.2, -0.15) is 9.37 Å². The van der Waals surface area contributed by atoms with Crippen LogP contribution in [0.1, 0.15) is 0 Å². The summed E-state index contributed by atoms with van der Waals surface area (Å²) >= 11 is 0. The summed E-state index contributed by atoms with van der Waals surface area (Å²) in [6.45, 7) is 0. The third-order valence-electron chi connectivity index (χ3n) is 1.13. The van der Waals surface area contributed by atoms with E-state index < -0.39 is 5.82 Å². The fourth-order valence-corrected chi connectivity index (χ4v) is 0.615. The van der Waals surface area contributed by atoms with Gasteiger partial charge in [-0.05, 0) is 0 Å². The lowest BCUT2D eigenvalue weighted by Gasteiger charge is -2.01. The van der Waals surface area contributed by atoms with Crippen molar-refractivity contribution in [2.45, 2.75) is 0 Å². The van der Waals surface area contributed by atoms with Crippen LogP contribution in [0, 0.1) is 5.82 Å². The third kappa shape index (κ3) is 1.54. The van der Waals surface area contributed by atoms with Crippen molar-refractivity contribution < 1.29 is 9.13 Å². The maximum absolute atomic E-state index is 12.6. The molecule has 0 amide bonds. The minimum atomic E-state index is -0.563. The fraction of sp³-hybridized carbons (Fsp3) is 0.333. The Labute approximate surface area is 63.4 Å². The summed E-state index contributed by atoms with van der Waals surface area (Å²) in [7, 11) is 3.00. The molecule has 11 heavy (non-hydrogen) atoms. The Kier molecular flexibility index (Phi) is 2.20. The third-order valence-corrected chi connectivity index (χ3v) is 1.13. The monoisotopic (exact) mass is 157 g/mol. The van der Waals surface area contributed by atoms with E-state index in [0.717, 1.165) is 6.20 Å². The van der Waals surface area contributed by atoms with Crippen LogP contribution in [0.4, 0.5) is 10.3 Å². The Bertz CT molecular complexity index is 254. The molecule has 0 unspecified atom stereocenters. The summed E-state index contributed by atoms with van der Waals surface area (Å²) in [5.41, 5.74) is 0. The van der Waals surface area contributed by atoms with E-state index in [1.54, 1.807) is 7.05 Å². The van der Waals surface area contributed by atoms with E-state index >= 15 is 0 Å². The van der Waals surface area contributed by atoms with Gasteiger partial charge in [-0.1, -0.05) is 0 Å². The second kappa shape index (κ2) is 3.14. The summed E-state index contributed by atoms with van der Waals surface area (Å²) in [5, 5.41) is 2.66. The van der Waals surface area contributed by atoms with Crippen molar-refractivity contribution in [3.63, 3.8) is 0 Å². The summed E-state index contributed by atoms with van der Waals surface area (Å²) in [6, 6.07) is 0. The van der Waals surface area contributed by atoms with E-state index in [4.69, 9.17) is 0 Å². The molecule has 0 bridgehead atoms. The minimum Gasteiger partial charge on any atom is -0.479 e. The topological polar surface area (TPSA) is 47.0 Å². The van der Waals surface area contributed by atoms with Gasteiger partial charge in [-0.15, -0.1) is 0 Å². The number of anilines is 1. The predicted molar refractivity (Wildman–Crippen MR) is 38.1 cm³/mol. The van der Waals surface area contributed by atoms with Gasteiger partial charge in [0.1, 0.15) is 0 Å². The van der Waals surface area contributed by atoms with Crippen molar-refractivity contribution in [2.24, 2.45) is 0 Å². The number of halogens is 1. The maximum atomic E-state index is 12.6. The van der Waals surface area contributed by atoms with Gasteiger partial charge in [0.25, 0.3) is 5.88 Å². The highest BCUT2D eigenvalue weighted by molar-refractivity contribution is 5.26. The second-order valence-corrected chi connectivity index (χ2v) is 1.80. The van der Waals surface area contributed by atoms with Crippen molar-refractivity contribution in [1.82, 2.24) is 9.97 Å². The molecule has 1 aromatic rings. The lowest BCUT2D eigenvalue weighted by Crippen LogP contribution is -2.00. The van der Waals surface area contributed by atoms with Crippen LogP contribution in [0.15, 0.2) is 6.20 Å². The first-order valence-electron chi connectivity index (χ1n) is 3.02. The molecule has 0 radical (unpaired) electrons. The first kappa shape index (κ1) is 7.71. The molecule has 1 N–H and O–H groups in total. The summed E-state index contributed by atoms with van der Waals surface area (Å²) < 4.78 is 17.2. The molecule has 1 heterocycles. The van der Waals surface area contributed by atoms with Crippen molar-refractivity contribution in [2.75, 3.05) is 19.5 Å². The molecular weight excluding hydrogens is 149 g/mol. The largest absolute Gasteiger partial charge is 0.479 e. The predicted octanol–water partition coefficient (Wildman–Crippen LogP) is 0.666. The van der Waals surface area contributed by atoms with E-state index in [1.807, 2.05) is 0 Å². The zero-order valence-electron chi connectivity index (χ0n) is 6.26. The van der Waals surface area contributed by atoms with E-state index in [9.17, 15) is 4.39 Å². The van der Waals surface area contributed by atoms with Gasteiger partial charge in [0, 0.05) is 7.05 Å². The Morgan fingerprint density at radius 1 is 1.64 bits per heavy atom. The zero-order valence-corrected chi connectivity index (χ0v) is 6.26. The average molecular weight is 157 g/mol. The molecule has 5 heteroatoms. The van der Waals surface area contributed by atoms with Crippen molar-refractivity contribution in [3.8, 4) is 5.88 Å². The number of nitrogens with one attached hydrogen (secondary N) is 1. The standard InChI is InChI=1S/C6H8FN3O/c1-8-6-9-3-4(7)5(10-6)11-2/h3H,1-2H3,(H,8,9,10). The molecule has 1 aromatic heterocycles. The summed E-state index contributed by atoms with van der Waals surface area (Å²) in [5.74, 6) is -0.279. The number of rotatable bonds is 2. The lowest BCUT2D eigenvalue weighted by atomic mass is 10.6. The zero-order chi connectivity index (χ0) is 8.27. The van der Waals surface area contributed by atoms with E-state index in [1.165, 1.54) is 7.11 Å². The highest BCUT2D eigenvalue weighted by Gasteiger charge is 2.04. The molecule has 0 aliphatic carbocycles. The van der Waals surface area contributed by atoms with Crippen molar-refractivity contribution in [3.05, 3.63) is 12.0 Å². The average Bonchev–Trinajstić information content (AvgIpc) is 2.05. The molecule has 0 aromatic carbocycles. The number of hydrogen-bond donors (Lipinski definition) is 1. The number of ether oxygens (including phenoxy) is 1. The van der Waals surface area contributed by atoms with Crippen LogP contribution in [0.25, 0.3) is 0 Å². The SMILES string of the molecule is CNc1ncc(F)c(OC)n1. The molecule has 1 rings (SSSR count). The van der Waals surface area contributed by atoms with Crippen LogP contribution in [-0.2, 0) is 0 Å². The normalized spacial score (nSPS) is 9.36. The highest BCUT2D eigenvalue weighted by Crippen LogP contribution is 2.12. The van der Waals surface area contributed by atoms with Crippen LogP contribution >= 0.6 is 0 Å². The Balaban J connectivity index is 3.02. The van der Waals surface area contributed by atoms with Crippen LogP contribution in [0.3, 0.4) is 0 Å². The maximum Gasteiger partial charge on any atom is 0.255 e. The van der Waals surface area contributed by atoms with E-state index in [0.29, 0.717) is 5.95 Å². The molecule has 0 spiro atoms. The van der Waals surface area contributed by atoms with Crippen molar-refractivity contribution in [1.29, 1.82) is 0 Å². The smallest absolute Gasteiger partial charge is 0.255 e. The molecule has 4 nitrogen and oxygen atoms in total. The summed E-state index contributed by atoms with van der Waals surface area (Å²) in [4.78, 5) is 7.32. The molecule has 0 aliphatic rings. The lowest BCUT2D eigenvalue weighted by molar-refractivity contribution is 0.368. The van der Waals surface area contributed by atoms with Crippen molar-refractivity contribution >= 4 is 5.95 Å². The Morgan fingerprint density at radius 2 is 2.36 bits per heavy atom. The van der Waals surface area contributed by atoms with E-state index in [-0.39, 0.29) is 5.88 Å². The minimum absolute atomic E-state index is 0.0515. The van der Waals surface area contributed by atoms with Gasteiger partial charge in [0.15, 0.2) is 0 Å².